The Hall–Kier alpha value is -0.260. The van der Waals surface area contributed by atoms with Gasteiger partial charge in [0.05, 0.1) is 18.7 Å². The number of nitrogens with one attached hydrogen (secondary N) is 1. The molecule has 2 atom stereocenters. The van der Waals surface area contributed by atoms with Crippen molar-refractivity contribution in [1.82, 2.24) is 10.2 Å². The summed E-state index contributed by atoms with van der Waals surface area (Å²) in [6, 6.07) is 0.0147. The second kappa shape index (κ2) is 5.89. The summed E-state index contributed by atoms with van der Waals surface area (Å²) in [5.41, 5.74) is 0. The van der Waals surface area contributed by atoms with Gasteiger partial charge in [-0.2, -0.15) is 11.8 Å². The van der Waals surface area contributed by atoms with Crippen LogP contribution in [-0.2, 0) is 4.79 Å². The molecule has 16 heavy (non-hydrogen) atoms. The van der Waals surface area contributed by atoms with E-state index in [2.05, 4.69) is 5.32 Å². The number of nitrogens with zero attached hydrogens (tertiary/aromatic N) is 1. The topological polar surface area (TPSA) is 52.6 Å². The highest BCUT2D eigenvalue weighted by molar-refractivity contribution is 7.99. The Bertz CT molecular complexity index is 244. The van der Waals surface area contributed by atoms with Gasteiger partial charge in [0.15, 0.2) is 0 Å². The first-order valence-electron chi connectivity index (χ1n) is 6.05. The molecule has 2 heterocycles. The Morgan fingerprint density at radius 1 is 1.50 bits per heavy atom. The van der Waals surface area contributed by atoms with Crippen LogP contribution in [-0.4, -0.2) is 59.2 Å². The van der Waals surface area contributed by atoms with Gasteiger partial charge in [-0.1, -0.05) is 0 Å². The van der Waals surface area contributed by atoms with Gasteiger partial charge in [0.1, 0.15) is 0 Å². The monoisotopic (exact) mass is 244 g/mol. The zero-order valence-electron chi connectivity index (χ0n) is 9.52. The van der Waals surface area contributed by atoms with Crippen LogP contribution in [0.3, 0.4) is 0 Å². The van der Waals surface area contributed by atoms with E-state index in [4.69, 9.17) is 0 Å². The van der Waals surface area contributed by atoms with Gasteiger partial charge in [-0.15, -0.1) is 0 Å². The number of rotatable bonds is 2. The van der Waals surface area contributed by atoms with Crippen LogP contribution in [0, 0.1) is 0 Å². The maximum atomic E-state index is 12.3. The first-order chi connectivity index (χ1) is 7.83. The van der Waals surface area contributed by atoms with Crippen molar-refractivity contribution in [2.24, 2.45) is 0 Å². The number of carbonyl (C=O) groups excluding carboxylic acids is 1. The molecule has 0 radical (unpaired) electrons. The highest BCUT2D eigenvalue weighted by atomic mass is 32.2. The number of aliphatic hydroxyl groups is 1. The van der Waals surface area contributed by atoms with Crippen molar-refractivity contribution >= 4 is 17.7 Å². The Labute approximate surface area is 101 Å². The van der Waals surface area contributed by atoms with Gasteiger partial charge in [0.25, 0.3) is 0 Å². The number of hydrogen-bond donors (Lipinski definition) is 2. The minimum absolute atomic E-state index is 0.0362. The van der Waals surface area contributed by atoms with Crippen LogP contribution in [0.4, 0.5) is 0 Å². The summed E-state index contributed by atoms with van der Waals surface area (Å²) >= 11 is 1.83. The molecular formula is C11H20N2O2S. The molecule has 0 aliphatic carbocycles. The Kier molecular flexibility index (Phi) is 4.49. The molecule has 2 saturated heterocycles. The Balaban J connectivity index is 1.95. The predicted octanol–water partition coefficient (Wildman–Crippen LogP) is 0.0648. The van der Waals surface area contributed by atoms with E-state index >= 15 is 0 Å². The van der Waals surface area contributed by atoms with Gasteiger partial charge in [-0.25, -0.2) is 0 Å². The van der Waals surface area contributed by atoms with Crippen molar-refractivity contribution in [2.75, 3.05) is 31.2 Å². The quantitative estimate of drug-likeness (QED) is 0.721. The van der Waals surface area contributed by atoms with Gasteiger partial charge in [-0.3, -0.25) is 4.79 Å². The molecule has 2 fully saturated rings. The second-order valence-electron chi connectivity index (χ2n) is 4.45. The summed E-state index contributed by atoms with van der Waals surface area (Å²) < 4.78 is 0. The molecular weight excluding hydrogens is 224 g/mol. The first-order valence-corrected chi connectivity index (χ1v) is 7.21. The third kappa shape index (κ3) is 2.70. The maximum Gasteiger partial charge on any atom is 0.240 e. The molecule has 2 rings (SSSR count). The van der Waals surface area contributed by atoms with Crippen LogP contribution in [0.25, 0.3) is 0 Å². The molecule has 1 amide bonds. The summed E-state index contributed by atoms with van der Waals surface area (Å²) in [5, 5.41) is 12.6. The van der Waals surface area contributed by atoms with Crippen molar-refractivity contribution in [3.05, 3.63) is 0 Å². The molecule has 2 unspecified atom stereocenters. The van der Waals surface area contributed by atoms with Crippen LogP contribution < -0.4 is 5.32 Å². The summed E-state index contributed by atoms with van der Waals surface area (Å²) in [6.07, 6.45) is 3.14. The van der Waals surface area contributed by atoms with E-state index in [1.165, 1.54) is 0 Å². The highest BCUT2D eigenvalue weighted by Gasteiger charge is 2.31. The normalized spacial score (nSPS) is 31.4. The number of carbonyl (C=O) groups is 1. The van der Waals surface area contributed by atoms with E-state index in [0.717, 1.165) is 43.9 Å². The molecule has 2 aliphatic heterocycles. The number of likely N-dealkylation sites (tertiary alicyclic amines) is 1. The summed E-state index contributed by atoms with van der Waals surface area (Å²) in [5.74, 6) is 2.15. The van der Waals surface area contributed by atoms with Crippen LogP contribution in [0.5, 0.6) is 0 Å². The number of thioether (sulfide) groups is 1. The number of hydrogen-bond acceptors (Lipinski definition) is 4. The van der Waals surface area contributed by atoms with Crippen molar-refractivity contribution in [1.29, 1.82) is 0 Å². The summed E-state index contributed by atoms with van der Waals surface area (Å²) in [6.45, 7) is 1.83. The summed E-state index contributed by atoms with van der Waals surface area (Å²) in [7, 11) is 0. The van der Waals surface area contributed by atoms with Crippen LogP contribution >= 0.6 is 11.8 Å². The summed E-state index contributed by atoms with van der Waals surface area (Å²) in [4.78, 5) is 14.1. The fourth-order valence-corrected chi connectivity index (χ4v) is 3.33. The van der Waals surface area contributed by atoms with Gasteiger partial charge in [0, 0.05) is 24.6 Å². The molecule has 4 nitrogen and oxygen atoms in total. The lowest BCUT2D eigenvalue weighted by molar-refractivity contribution is -0.137. The largest absolute Gasteiger partial charge is 0.394 e. The minimum Gasteiger partial charge on any atom is -0.394 e. The van der Waals surface area contributed by atoms with E-state index in [-0.39, 0.29) is 24.6 Å². The highest BCUT2D eigenvalue weighted by Crippen LogP contribution is 2.19. The van der Waals surface area contributed by atoms with Crippen molar-refractivity contribution in [3.63, 3.8) is 0 Å². The molecule has 0 aromatic heterocycles. The zero-order valence-corrected chi connectivity index (χ0v) is 10.3. The lowest BCUT2D eigenvalue weighted by Crippen LogP contribution is -2.55. The van der Waals surface area contributed by atoms with Gasteiger partial charge in [0.2, 0.25) is 5.91 Å². The van der Waals surface area contributed by atoms with E-state index in [1.807, 2.05) is 16.7 Å². The molecule has 2 aliphatic rings. The van der Waals surface area contributed by atoms with Crippen molar-refractivity contribution in [3.8, 4) is 0 Å². The average Bonchev–Trinajstić information content (AvgIpc) is 2.39. The number of aliphatic hydroxyl groups excluding tert-OH is 1. The second-order valence-corrected chi connectivity index (χ2v) is 5.60. The number of piperidine rings is 1. The van der Waals surface area contributed by atoms with Crippen LogP contribution in [0.1, 0.15) is 19.3 Å². The fraction of sp³-hybridized carbons (Fsp3) is 0.909. The smallest absolute Gasteiger partial charge is 0.240 e. The zero-order chi connectivity index (χ0) is 11.4. The molecule has 2 N–H and O–H groups in total. The standard InChI is InChI=1S/C11H20N2O2S/c14-7-9-3-1-2-5-13(9)11(15)10-8-16-6-4-12-10/h9-10,12,14H,1-8H2. The third-order valence-electron chi connectivity index (χ3n) is 3.34. The Morgan fingerprint density at radius 3 is 3.06 bits per heavy atom. The maximum absolute atomic E-state index is 12.3. The lowest BCUT2D eigenvalue weighted by atomic mass is 10.0. The molecule has 0 saturated carbocycles. The molecule has 0 aromatic rings. The fourth-order valence-electron chi connectivity index (χ4n) is 2.40. The minimum atomic E-state index is -0.0362. The molecule has 0 spiro atoms. The SMILES string of the molecule is O=C(C1CSCCN1)N1CCCCC1CO. The molecule has 5 heteroatoms. The van der Waals surface area contributed by atoms with Crippen molar-refractivity contribution in [2.45, 2.75) is 31.3 Å². The van der Waals surface area contributed by atoms with E-state index in [1.54, 1.807) is 0 Å². The van der Waals surface area contributed by atoms with Gasteiger partial charge < -0.3 is 15.3 Å². The molecule has 92 valence electrons. The first kappa shape index (κ1) is 12.2. The third-order valence-corrected chi connectivity index (χ3v) is 4.40. The predicted molar refractivity (Wildman–Crippen MR) is 65.6 cm³/mol. The van der Waals surface area contributed by atoms with Crippen molar-refractivity contribution < 1.29 is 9.90 Å². The molecule has 0 bridgehead atoms. The average molecular weight is 244 g/mol. The van der Waals surface area contributed by atoms with Gasteiger partial charge >= 0.3 is 0 Å². The van der Waals surface area contributed by atoms with E-state index < -0.39 is 0 Å². The molecule has 0 aromatic carbocycles. The van der Waals surface area contributed by atoms with E-state index in [9.17, 15) is 9.90 Å². The van der Waals surface area contributed by atoms with Crippen LogP contribution in [0.2, 0.25) is 0 Å². The van der Waals surface area contributed by atoms with E-state index in [0.29, 0.717) is 0 Å². The van der Waals surface area contributed by atoms with Gasteiger partial charge in [-0.05, 0) is 19.3 Å². The Morgan fingerprint density at radius 2 is 2.38 bits per heavy atom. The number of amides is 1. The lowest BCUT2D eigenvalue weighted by Gasteiger charge is -2.37. The van der Waals surface area contributed by atoms with Crippen LogP contribution in [0.15, 0.2) is 0 Å².